The maximum absolute atomic E-state index is 9.37. The third-order valence-electron chi connectivity index (χ3n) is 3.79. The quantitative estimate of drug-likeness (QED) is 0.659. The molecule has 0 aliphatic carbocycles. The van der Waals surface area contributed by atoms with Gasteiger partial charge in [0.1, 0.15) is 25.4 Å². The summed E-state index contributed by atoms with van der Waals surface area (Å²) in [4.78, 5) is 4.46. The van der Waals surface area contributed by atoms with Crippen molar-refractivity contribution >= 4 is 13.3 Å². The molecule has 3 rings (SSSR count). The Kier molecular flexibility index (Phi) is 4.94. The molecule has 2 aromatic carbocycles. The van der Waals surface area contributed by atoms with Crippen LogP contribution in [0.1, 0.15) is 19.4 Å². The molecule has 0 fully saturated rings. The normalized spacial score (nSPS) is 10.6. The smallest absolute Gasteiger partial charge is 0.258 e. The van der Waals surface area contributed by atoms with Crippen molar-refractivity contribution < 1.29 is 14.0 Å². The van der Waals surface area contributed by atoms with E-state index >= 15 is 0 Å². The minimum atomic E-state index is -0.0169. The molecule has 0 spiro atoms. The van der Waals surface area contributed by atoms with E-state index in [0.29, 0.717) is 34.3 Å². The number of rotatable bonds is 5. The first-order valence-corrected chi connectivity index (χ1v) is 8.22. The largest absolute Gasteiger partial charge is 0.497 e. The molecule has 7 heteroatoms. The Hall–Kier alpha value is -3.27. The predicted octanol–water partition coefficient (Wildman–Crippen LogP) is 2.33. The van der Waals surface area contributed by atoms with E-state index in [2.05, 4.69) is 16.2 Å². The molecule has 0 atom stereocenters. The third-order valence-corrected chi connectivity index (χ3v) is 3.79. The van der Waals surface area contributed by atoms with E-state index < -0.39 is 0 Å². The molecule has 130 valence electrons. The Labute approximate surface area is 152 Å². The van der Waals surface area contributed by atoms with E-state index in [9.17, 15) is 5.26 Å². The van der Waals surface area contributed by atoms with Crippen LogP contribution < -0.4 is 14.9 Å². The lowest BCUT2D eigenvalue weighted by atomic mass is 9.92. The zero-order valence-electron chi connectivity index (χ0n) is 15.1. The molecule has 0 aliphatic rings. The zero-order chi connectivity index (χ0) is 18.7. The Morgan fingerprint density at radius 2 is 2.04 bits per heavy atom. The van der Waals surface area contributed by atoms with Crippen LogP contribution in [0.5, 0.6) is 11.5 Å². The second-order valence-electron chi connectivity index (χ2n) is 6.07. The van der Waals surface area contributed by atoms with Crippen molar-refractivity contribution in [2.45, 2.75) is 20.0 Å². The molecule has 1 heterocycles. The summed E-state index contributed by atoms with van der Waals surface area (Å²) in [7, 11) is 3.56. The molecule has 3 aromatic rings. The minimum Gasteiger partial charge on any atom is -0.497 e. The number of nitrogens with zero attached hydrogens (tertiary/aromatic N) is 3. The van der Waals surface area contributed by atoms with Crippen molar-refractivity contribution in [2.24, 2.45) is 0 Å². The first-order valence-electron chi connectivity index (χ1n) is 8.22. The number of ether oxygens (including phenoxy) is 2. The van der Waals surface area contributed by atoms with Crippen molar-refractivity contribution in [1.29, 1.82) is 5.26 Å². The van der Waals surface area contributed by atoms with Crippen molar-refractivity contribution in [3.63, 3.8) is 0 Å². The Bertz CT molecular complexity index is 976. The van der Waals surface area contributed by atoms with Gasteiger partial charge in [-0.3, -0.25) is 0 Å². The third kappa shape index (κ3) is 3.40. The van der Waals surface area contributed by atoms with E-state index in [1.807, 2.05) is 39.9 Å². The van der Waals surface area contributed by atoms with Crippen LogP contribution in [0.4, 0.5) is 0 Å². The fourth-order valence-corrected chi connectivity index (χ4v) is 2.66. The highest BCUT2D eigenvalue weighted by atomic mass is 16.5. The van der Waals surface area contributed by atoms with E-state index in [0.717, 1.165) is 11.0 Å². The molecule has 6 nitrogen and oxygen atoms in total. The van der Waals surface area contributed by atoms with E-state index in [-0.39, 0.29) is 6.10 Å². The first-order chi connectivity index (χ1) is 12.5. The van der Waals surface area contributed by atoms with Crippen LogP contribution in [-0.2, 0) is 0 Å². The van der Waals surface area contributed by atoms with Gasteiger partial charge in [-0.15, -0.1) is 0 Å². The van der Waals surface area contributed by atoms with E-state index in [4.69, 9.17) is 14.0 Å². The van der Waals surface area contributed by atoms with Crippen LogP contribution in [0.3, 0.4) is 0 Å². The number of para-hydroxylation sites is 1. The maximum Gasteiger partial charge on any atom is 0.258 e. The molecule has 0 bridgehead atoms. The molecule has 0 unspecified atom stereocenters. The number of hydrogen-bond acceptors (Lipinski definition) is 6. The molecule has 0 radical (unpaired) electrons. The van der Waals surface area contributed by atoms with Crippen LogP contribution in [0.25, 0.3) is 22.8 Å². The molecule has 0 aliphatic heterocycles. The van der Waals surface area contributed by atoms with Crippen molar-refractivity contribution in [3.05, 3.63) is 42.0 Å². The van der Waals surface area contributed by atoms with Crippen LogP contribution in [0, 0.1) is 11.3 Å². The van der Waals surface area contributed by atoms with Gasteiger partial charge in [0.05, 0.1) is 24.3 Å². The lowest BCUT2D eigenvalue weighted by Gasteiger charge is -2.11. The van der Waals surface area contributed by atoms with Crippen molar-refractivity contribution in [1.82, 2.24) is 10.1 Å². The number of nitriles is 1. The van der Waals surface area contributed by atoms with Crippen LogP contribution >= 0.6 is 0 Å². The molecular weight excluding hydrogens is 329 g/mol. The van der Waals surface area contributed by atoms with Crippen LogP contribution in [0.15, 0.2) is 40.9 Å². The first kappa shape index (κ1) is 17.6. The van der Waals surface area contributed by atoms with Gasteiger partial charge in [0.15, 0.2) is 0 Å². The average Bonchev–Trinajstić information content (AvgIpc) is 3.11. The summed E-state index contributed by atoms with van der Waals surface area (Å²) in [6.07, 6.45) is -0.0169. The predicted molar refractivity (Wildman–Crippen MR) is 100 cm³/mol. The summed E-state index contributed by atoms with van der Waals surface area (Å²) in [6, 6.07) is 13.1. The fraction of sp³-hybridized carbons (Fsp3) is 0.211. The van der Waals surface area contributed by atoms with Gasteiger partial charge in [-0.1, -0.05) is 17.3 Å². The molecule has 1 aromatic heterocycles. The molecule has 0 amide bonds. The van der Waals surface area contributed by atoms with Gasteiger partial charge in [-0.2, -0.15) is 10.2 Å². The second kappa shape index (κ2) is 7.32. The summed E-state index contributed by atoms with van der Waals surface area (Å²) in [5.41, 5.74) is 2.81. The second-order valence-corrected chi connectivity index (χ2v) is 6.07. The highest BCUT2D eigenvalue weighted by Gasteiger charge is 2.17. The van der Waals surface area contributed by atoms with Gasteiger partial charge in [0, 0.05) is 5.56 Å². The summed E-state index contributed by atoms with van der Waals surface area (Å²) in [6.45, 7) is 3.82. The van der Waals surface area contributed by atoms with Gasteiger partial charge >= 0.3 is 0 Å². The highest BCUT2D eigenvalue weighted by Crippen LogP contribution is 2.30. The Balaban J connectivity index is 1.99. The minimum absolute atomic E-state index is 0.0169. The van der Waals surface area contributed by atoms with Crippen LogP contribution in [0.2, 0.25) is 0 Å². The van der Waals surface area contributed by atoms with E-state index in [1.54, 1.807) is 25.3 Å². The molecule has 0 saturated carbocycles. The number of hydrogen-bond donors (Lipinski definition) is 0. The summed E-state index contributed by atoms with van der Waals surface area (Å²) in [5, 5.41) is 13.4. The number of benzene rings is 2. The monoisotopic (exact) mass is 347 g/mol. The summed E-state index contributed by atoms with van der Waals surface area (Å²) >= 11 is 0. The Morgan fingerprint density at radius 1 is 1.23 bits per heavy atom. The van der Waals surface area contributed by atoms with E-state index in [1.165, 1.54) is 0 Å². The van der Waals surface area contributed by atoms with Gasteiger partial charge in [-0.05, 0) is 43.6 Å². The van der Waals surface area contributed by atoms with Crippen molar-refractivity contribution in [3.8, 4) is 40.4 Å². The maximum atomic E-state index is 9.37. The average molecular weight is 347 g/mol. The SMILES string of the molecule is Bc1cccc(-c2noc(-c3ccc(OC(C)C)c(C#N)c3)n2)c1OC. The molecular formula is C19H18BN3O3. The topological polar surface area (TPSA) is 81.2 Å². The number of aromatic nitrogens is 2. The lowest BCUT2D eigenvalue weighted by molar-refractivity contribution is 0.242. The number of methoxy groups -OCH3 is 1. The Morgan fingerprint density at radius 3 is 2.73 bits per heavy atom. The highest BCUT2D eigenvalue weighted by molar-refractivity contribution is 6.34. The van der Waals surface area contributed by atoms with Gasteiger partial charge in [-0.25, -0.2) is 0 Å². The molecule has 0 saturated heterocycles. The molecule has 26 heavy (non-hydrogen) atoms. The zero-order valence-corrected chi connectivity index (χ0v) is 15.1. The van der Waals surface area contributed by atoms with Crippen molar-refractivity contribution in [2.75, 3.05) is 7.11 Å². The van der Waals surface area contributed by atoms with Gasteiger partial charge < -0.3 is 14.0 Å². The van der Waals surface area contributed by atoms with Gasteiger partial charge in [0.2, 0.25) is 5.82 Å². The molecule has 0 N–H and O–H groups in total. The van der Waals surface area contributed by atoms with Gasteiger partial charge in [0.25, 0.3) is 5.89 Å². The summed E-state index contributed by atoms with van der Waals surface area (Å²) < 4.78 is 16.5. The summed E-state index contributed by atoms with van der Waals surface area (Å²) in [5.74, 6) is 2.00. The lowest BCUT2D eigenvalue weighted by Crippen LogP contribution is -2.08. The standard InChI is InChI=1S/C19H18BN3O3/c1-11(2)25-16-8-7-12(9-13(16)10-21)19-22-18(23-26-19)14-5-4-6-15(20)17(14)24-3/h4-9,11H,20H2,1-3H3. The fourth-order valence-electron chi connectivity index (χ4n) is 2.66. The van der Waals surface area contributed by atoms with Crippen LogP contribution in [-0.4, -0.2) is 31.2 Å².